The highest BCUT2D eigenvalue weighted by molar-refractivity contribution is 5.60. The molecule has 1 saturated heterocycles. The molecule has 0 N–H and O–H groups in total. The van der Waals surface area contributed by atoms with Crippen molar-refractivity contribution in [1.29, 1.82) is 0 Å². The van der Waals surface area contributed by atoms with E-state index in [2.05, 4.69) is 30.1 Å². The summed E-state index contributed by atoms with van der Waals surface area (Å²) in [7, 11) is 0. The molecule has 2 aromatic heterocycles. The van der Waals surface area contributed by atoms with E-state index < -0.39 is 0 Å². The minimum absolute atomic E-state index is 0.608. The molecule has 0 radical (unpaired) electrons. The van der Waals surface area contributed by atoms with Crippen LogP contribution in [0, 0.1) is 6.92 Å². The number of anilines is 1. The molecule has 0 saturated carbocycles. The Morgan fingerprint density at radius 1 is 1.00 bits per heavy atom. The molecule has 8 heteroatoms. The molecule has 1 aliphatic rings. The van der Waals surface area contributed by atoms with Gasteiger partial charge in [0.15, 0.2) is 11.6 Å². The summed E-state index contributed by atoms with van der Waals surface area (Å²) in [6.45, 7) is 8.81. The summed E-state index contributed by atoms with van der Waals surface area (Å²) in [4.78, 5) is 8.85. The fourth-order valence-electron chi connectivity index (χ4n) is 3.28. The molecule has 1 aromatic carbocycles. The molecular weight excluding hydrogens is 356 g/mol. The van der Waals surface area contributed by atoms with Crippen LogP contribution < -0.4 is 9.64 Å². The summed E-state index contributed by atoms with van der Waals surface area (Å²) < 4.78 is 10.5. The zero-order valence-corrected chi connectivity index (χ0v) is 16.2. The largest absolute Gasteiger partial charge is 0.494 e. The van der Waals surface area contributed by atoms with Gasteiger partial charge < -0.3 is 14.2 Å². The van der Waals surface area contributed by atoms with Crippen LogP contribution in [0.2, 0.25) is 0 Å². The van der Waals surface area contributed by atoms with Crippen molar-refractivity contribution in [2.75, 3.05) is 37.7 Å². The number of aromatic nitrogens is 4. The van der Waals surface area contributed by atoms with Crippen LogP contribution >= 0.6 is 0 Å². The van der Waals surface area contributed by atoms with Crippen LogP contribution in [0.4, 0.5) is 5.82 Å². The van der Waals surface area contributed by atoms with Crippen molar-refractivity contribution in [2.45, 2.75) is 20.4 Å². The topological polar surface area (TPSA) is 80.4 Å². The minimum Gasteiger partial charge on any atom is -0.494 e. The molecule has 1 aliphatic heterocycles. The van der Waals surface area contributed by atoms with Crippen molar-refractivity contribution in [3.8, 4) is 17.0 Å². The number of nitrogens with zero attached hydrogens (tertiary/aromatic N) is 6. The third kappa shape index (κ3) is 4.28. The van der Waals surface area contributed by atoms with Crippen LogP contribution in [0.3, 0.4) is 0 Å². The average Bonchev–Trinajstić information content (AvgIpc) is 3.14. The maximum Gasteiger partial charge on any atom is 0.223 e. The van der Waals surface area contributed by atoms with E-state index >= 15 is 0 Å². The molecule has 0 amide bonds. The number of piperazine rings is 1. The third-order valence-corrected chi connectivity index (χ3v) is 4.74. The predicted molar refractivity (Wildman–Crippen MR) is 105 cm³/mol. The van der Waals surface area contributed by atoms with Crippen LogP contribution in [0.5, 0.6) is 5.75 Å². The lowest BCUT2D eigenvalue weighted by Gasteiger charge is -2.34. The molecule has 8 nitrogen and oxygen atoms in total. The standard InChI is InChI=1S/C20H24N6O2/c1-3-27-17-6-4-16(5-7-17)18-8-9-20(23-22-18)26-12-10-25(11-13-26)14-19-21-15(2)28-24-19/h4-9H,3,10-14H2,1-2H3. The van der Waals surface area contributed by atoms with Crippen molar-refractivity contribution >= 4 is 5.82 Å². The zero-order chi connectivity index (χ0) is 19.3. The van der Waals surface area contributed by atoms with Crippen molar-refractivity contribution in [2.24, 2.45) is 0 Å². The Kier molecular flexibility index (Phi) is 5.48. The van der Waals surface area contributed by atoms with Gasteiger partial charge in [0.25, 0.3) is 0 Å². The zero-order valence-electron chi connectivity index (χ0n) is 16.2. The first kappa shape index (κ1) is 18.4. The van der Waals surface area contributed by atoms with Gasteiger partial charge in [0, 0.05) is 38.7 Å². The molecule has 28 heavy (non-hydrogen) atoms. The van der Waals surface area contributed by atoms with Crippen LogP contribution in [0.1, 0.15) is 18.6 Å². The maximum atomic E-state index is 5.48. The highest BCUT2D eigenvalue weighted by atomic mass is 16.5. The average molecular weight is 380 g/mol. The second kappa shape index (κ2) is 8.35. The Morgan fingerprint density at radius 3 is 2.39 bits per heavy atom. The Balaban J connectivity index is 1.34. The summed E-state index contributed by atoms with van der Waals surface area (Å²) in [6.07, 6.45) is 0. The normalized spacial score (nSPS) is 15.0. The lowest BCUT2D eigenvalue weighted by atomic mass is 10.1. The van der Waals surface area contributed by atoms with Gasteiger partial charge in [-0.25, -0.2) is 0 Å². The Labute approximate surface area is 164 Å². The van der Waals surface area contributed by atoms with Crippen LogP contribution in [-0.4, -0.2) is 58.0 Å². The summed E-state index contributed by atoms with van der Waals surface area (Å²) >= 11 is 0. The number of rotatable bonds is 6. The van der Waals surface area contributed by atoms with Crippen molar-refractivity contribution in [1.82, 2.24) is 25.2 Å². The smallest absolute Gasteiger partial charge is 0.223 e. The van der Waals surface area contributed by atoms with E-state index in [1.54, 1.807) is 0 Å². The first-order chi connectivity index (χ1) is 13.7. The van der Waals surface area contributed by atoms with Gasteiger partial charge in [0.05, 0.1) is 18.8 Å². The molecule has 0 unspecified atom stereocenters. The van der Waals surface area contributed by atoms with Gasteiger partial charge in [-0.15, -0.1) is 10.2 Å². The summed E-state index contributed by atoms with van der Waals surface area (Å²) in [5.41, 5.74) is 1.89. The minimum atomic E-state index is 0.608. The van der Waals surface area contributed by atoms with Crippen LogP contribution in [-0.2, 0) is 6.54 Å². The van der Waals surface area contributed by atoms with E-state index in [0.29, 0.717) is 19.0 Å². The van der Waals surface area contributed by atoms with Crippen LogP contribution in [0.15, 0.2) is 40.9 Å². The molecular formula is C20H24N6O2. The van der Waals surface area contributed by atoms with Gasteiger partial charge >= 0.3 is 0 Å². The van der Waals surface area contributed by atoms with E-state index in [9.17, 15) is 0 Å². The van der Waals surface area contributed by atoms with Crippen molar-refractivity contribution in [3.05, 3.63) is 48.1 Å². The molecule has 0 atom stereocenters. The van der Waals surface area contributed by atoms with E-state index in [1.807, 2.05) is 50.2 Å². The molecule has 4 rings (SSSR count). The number of aryl methyl sites for hydroxylation is 1. The SMILES string of the molecule is CCOc1ccc(-c2ccc(N3CCN(Cc4noc(C)n4)CC3)nn2)cc1. The summed E-state index contributed by atoms with van der Waals surface area (Å²) in [5, 5.41) is 12.8. The number of benzene rings is 1. The molecule has 0 aliphatic carbocycles. The Morgan fingerprint density at radius 2 is 1.79 bits per heavy atom. The van der Waals surface area contributed by atoms with Gasteiger partial charge in [0.1, 0.15) is 5.75 Å². The van der Waals surface area contributed by atoms with Crippen molar-refractivity contribution < 1.29 is 9.26 Å². The summed E-state index contributed by atoms with van der Waals surface area (Å²) in [5.74, 6) is 3.12. The van der Waals surface area contributed by atoms with Crippen molar-refractivity contribution in [3.63, 3.8) is 0 Å². The van der Waals surface area contributed by atoms with E-state index in [-0.39, 0.29) is 0 Å². The highest BCUT2D eigenvalue weighted by Crippen LogP contribution is 2.22. The Bertz CT molecular complexity index is 886. The van der Waals surface area contributed by atoms with Gasteiger partial charge in [-0.3, -0.25) is 4.90 Å². The molecule has 1 fully saturated rings. The number of ether oxygens (including phenoxy) is 1. The van der Waals surface area contributed by atoms with E-state index in [1.165, 1.54) is 0 Å². The maximum absolute atomic E-state index is 5.48. The lowest BCUT2D eigenvalue weighted by Crippen LogP contribution is -2.46. The molecule has 146 valence electrons. The molecule has 0 spiro atoms. The molecule has 3 aromatic rings. The van der Waals surface area contributed by atoms with Gasteiger partial charge in [0.2, 0.25) is 5.89 Å². The predicted octanol–water partition coefficient (Wildman–Crippen LogP) is 2.56. The van der Waals surface area contributed by atoms with Gasteiger partial charge in [-0.2, -0.15) is 4.98 Å². The third-order valence-electron chi connectivity index (χ3n) is 4.74. The van der Waals surface area contributed by atoms with E-state index in [4.69, 9.17) is 9.26 Å². The number of hydrogen-bond acceptors (Lipinski definition) is 8. The monoisotopic (exact) mass is 380 g/mol. The first-order valence-electron chi connectivity index (χ1n) is 9.54. The van der Waals surface area contributed by atoms with Crippen LogP contribution in [0.25, 0.3) is 11.3 Å². The Hall–Kier alpha value is -3.00. The second-order valence-corrected chi connectivity index (χ2v) is 6.73. The fourth-order valence-corrected chi connectivity index (χ4v) is 3.28. The quantitative estimate of drug-likeness (QED) is 0.645. The molecule has 3 heterocycles. The van der Waals surface area contributed by atoms with E-state index in [0.717, 1.165) is 54.8 Å². The molecule has 0 bridgehead atoms. The number of hydrogen-bond donors (Lipinski definition) is 0. The highest BCUT2D eigenvalue weighted by Gasteiger charge is 2.20. The van der Waals surface area contributed by atoms with Gasteiger partial charge in [-0.05, 0) is 43.3 Å². The summed E-state index contributed by atoms with van der Waals surface area (Å²) in [6, 6.07) is 12.0. The lowest BCUT2D eigenvalue weighted by molar-refractivity contribution is 0.239. The van der Waals surface area contributed by atoms with Gasteiger partial charge in [-0.1, -0.05) is 5.16 Å². The first-order valence-corrected chi connectivity index (χ1v) is 9.54. The second-order valence-electron chi connectivity index (χ2n) is 6.73. The fraction of sp³-hybridized carbons (Fsp3) is 0.400.